The summed E-state index contributed by atoms with van der Waals surface area (Å²) in [6.07, 6.45) is 0.828. The monoisotopic (exact) mass is 243 g/mol. The number of morpholine rings is 1. The molecule has 0 spiro atoms. The summed E-state index contributed by atoms with van der Waals surface area (Å²) in [6, 6.07) is 0. The first kappa shape index (κ1) is 12.1. The smallest absolute Gasteiger partial charge is 0.251 e. The molecule has 17 heavy (non-hydrogen) atoms. The lowest BCUT2D eigenvalue weighted by atomic mass is 10.2. The minimum atomic E-state index is -0.529. The van der Waals surface area contributed by atoms with Gasteiger partial charge in [-0.05, 0) is 12.8 Å². The Morgan fingerprint density at radius 3 is 2.76 bits per heavy atom. The first-order chi connectivity index (χ1) is 8.22. The van der Waals surface area contributed by atoms with E-state index in [1.807, 2.05) is 0 Å². The zero-order valence-corrected chi connectivity index (χ0v) is 9.54. The van der Waals surface area contributed by atoms with Gasteiger partial charge < -0.3 is 25.3 Å². The van der Waals surface area contributed by atoms with E-state index in [4.69, 9.17) is 20.4 Å². The van der Waals surface area contributed by atoms with Gasteiger partial charge in [-0.2, -0.15) is 0 Å². The average Bonchev–Trinajstić information content (AvgIpc) is 2.91. The number of nitrogens with zero attached hydrogens (tertiary/aromatic N) is 2. The Balaban J connectivity index is 1.94. The largest absolute Gasteiger partial charge is 0.409 e. The molecule has 2 saturated heterocycles. The van der Waals surface area contributed by atoms with E-state index in [0.29, 0.717) is 26.3 Å². The van der Waals surface area contributed by atoms with Gasteiger partial charge in [0.15, 0.2) is 5.84 Å². The van der Waals surface area contributed by atoms with Crippen molar-refractivity contribution in [3.8, 4) is 0 Å². The third-order valence-electron chi connectivity index (χ3n) is 3.03. The van der Waals surface area contributed by atoms with Gasteiger partial charge in [-0.3, -0.25) is 4.79 Å². The second kappa shape index (κ2) is 5.33. The number of carbonyl (C=O) groups excluding carboxylic acids is 1. The molecule has 7 nitrogen and oxygen atoms in total. The zero-order chi connectivity index (χ0) is 12.3. The average molecular weight is 243 g/mol. The summed E-state index contributed by atoms with van der Waals surface area (Å²) in [4.78, 5) is 13.7. The fourth-order valence-electron chi connectivity index (χ4n) is 2.07. The van der Waals surface area contributed by atoms with Gasteiger partial charge in [0.2, 0.25) is 0 Å². The molecule has 2 aliphatic heterocycles. The van der Waals surface area contributed by atoms with Crippen molar-refractivity contribution in [2.45, 2.75) is 25.0 Å². The maximum absolute atomic E-state index is 12.1. The predicted molar refractivity (Wildman–Crippen MR) is 58.7 cm³/mol. The zero-order valence-electron chi connectivity index (χ0n) is 9.54. The van der Waals surface area contributed by atoms with E-state index in [1.54, 1.807) is 4.90 Å². The summed E-state index contributed by atoms with van der Waals surface area (Å²) in [5.74, 6) is -0.0311. The second-order valence-corrected chi connectivity index (χ2v) is 4.17. The van der Waals surface area contributed by atoms with Crippen LogP contribution in [0.4, 0.5) is 0 Å². The summed E-state index contributed by atoms with van der Waals surface area (Å²) in [7, 11) is 0. The molecule has 3 N–H and O–H groups in total. The maximum atomic E-state index is 12.1. The molecule has 0 bridgehead atoms. The summed E-state index contributed by atoms with van der Waals surface area (Å²) >= 11 is 0. The van der Waals surface area contributed by atoms with Crippen LogP contribution in [-0.4, -0.2) is 60.4 Å². The molecule has 96 valence electrons. The number of oxime groups is 1. The van der Waals surface area contributed by atoms with Crippen molar-refractivity contribution in [3.05, 3.63) is 0 Å². The van der Waals surface area contributed by atoms with Crippen LogP contribution in [0.5, 0.6) is 0 Å². The minimum Gasteiger partial charge on any atom is -0.409 e. The van der Waals surface area contributed by atoms with Crippen LogP contribution in [0.2, 0.25) is 0 Å². The Hall–Kier alpha value is -1.34. The number of nitrogens with two attached hydrogens (primary N) is 1. The van der Waals surface area contributed by atoms with E-state index in [-0.39, 0.29) is 17.8 Å². The fourth-order valence-corrected chi connectivity index (χ4v) is 2.07. The molecule has 2 unspecified atom stereocenters. The molecule has 0 saturated carbocycles. The van der Waals surface area contributed by atoms with Crippen molar-refractivity contribution in [2.75, 3.05) is 26.3 Å². The lowest BCUT2D eigenvalue weighted by Gasteiger charge is -2.33. The molecule has 2 rings (SSSR count). The lowest BCUT2D eigenvalue weighted by Crippen LogP contribution is -2.52. The molecule has 0 radical (unpaired) electrons. The van der Waals surface area contributed by atoms with Gasteiger partial charge in [0.25, 0.3) is 5.91 Å². The molecule has 2 fully saturated rings. The Kier molecular flexibility index (Phi) is 3.80. The third kappa shape index (κ3) is 2.67. The van der Waals surface area contributed by atoms with Gasteiger partial charge in [0.1, 0.15) is 12.2 Å². The Labute approximate surface area is 99.1 Å². The Bertz CT molecular complexity index is 315. The standard InChI is InChI=1S/C10H17N3O4/c11-9(12-15)8-6-13(3-5-17-8)10(14)7-2-1-4-16-7/h7-8,15H,1-6H2,(H2,11,12). The van der Waals surface area contributed by atoms with Crippen molar-refractivity contribution in [2.24, 2.45) is 10.9 Å². The molecule has 2 aliphatic rings. The molecular weight excluding hydrogens is 226 g/mol. The molecule has 1 amide bonds. The number of hydrogen-bond donors (Lipinski definition) is 2. The summed E-state index contributed by atoms with van der Waals surface area (Å²) in [6.45, 7) is 1.87. The Morgan fingerprint density at radius 1 is 1.35 bits per heavy atom. The van der Waals surface area contributed by atoms with Gasteiger partial charge in [-0.15, -0.1) is 0 Å². The van der Waals surface area contributed by atoms with Crippen LogP contribution in [0.25, 0.3) is 0 Å². The highest BCUT2D eigenvalue weighted by molar-refractivity contribution is 5.86. The van der Waals surface area contributed by atoms with Gasteiger partial charge in [0.05, 0.1) is 13.2 Å². The molecule has 0 aromatic carbocycles. The van der Waals surface area contributed by atoms with Gasteiger partial charge >= 0.3 is 0 Å². The van der Waals surface area contributed by atoms with Crippen LogP contribution >= 0.6 is 0 Å². The van der Waals surface area contributed by atoms with E-state index in [9.17, 15) is 4.79 Å². The van der Waals surface area contributed by atoms with Crippen LogP contribution in [-0.2, 0) is 14.3 Å². The van der Waals surface area contributed by atoms with Gasteiger partial charge in [-0.25, -0.2) is 0 Å². The number of carbonyl (C=O) groups is 1. The highest BCUT2D eigenvalue weighted by Crippen LogP contribution is 2.16. The maximum Gasteiger partial charge on any atom is 0.251 e. The van der Waals surface area contributed by atoms with Crippen LogP contribution in [0, 0.1) is 0 Å². The number of hydrogen-bond acceptors (Lipinski definition) is 5. The molecule has 0 aromatic rings. The number of ether oxygens (including phenoxy) is 2. The van der Waals surface area contributed by atoms with E-state index in [0.717, 1.165) is 12.8 Å². The quantitative estimate of drug-likeness (QED) is 0.285. The highest BCUT2D eigenvalue weighted by atomic mass is 16.5. The number of amidine groups is 1. The fraction of sp³-hybridized carbons (Fsp3) is 0.800. The number of amides is 1. The molecule has 0 aliphatic carbocycles. The van der Waals surface area contributed by atoms with Crippen molar-refractivity contribution in [1.82, 2.24) is 4.90 Å². The van der Waals surface area contributed by atoms with Gasteiger partial charge in [-0.1, -0.05) is 5.16 Å². The SMILES string of the molecule is NC(=NO)C1CN(C(=O)C2CCCO2)CCO1. The molecule has 2 atom stereocenters. The first-order valence-corrected chi connectivity index (χ1v) is 5.72. The van der Waals surface area contributed by atoms with E-state index >= 15 is 0 Å². The van der Waals surface area contributed by atoms with Crippen LogP contribution in [0.1, 0.15) is 12.8 Å². The molecular formula is C10H17N3O4. The highest BCUT2D eigenvalue weighted by Gasteiger charge is 2.32. The molecule has 7 heteroatoms. The van der Waals surface area contributed by atoms with Crippen molar-refractivity contribution < 1.29 is 19.5 Å². The number of rotatable bonds is 2. The minimum absolute atomic E-state index is 0.00478. The molecule has 2 heterocycles. The first-order valence-electron chi connectivity index (χ1n) is 5.72. The lowest BCUT2D eigenvalue weighted by molar-refractivity contribution is -0.146. The normalized spacial score (nSPS) is 30.6. The third-order valence-corrected chi connectivity index (χ3v) is 3.03. The van der Waals surface area contributed by atoms with Crippen molar-refractivity contribution >= 4 is 11.7 Å². The van der Waals surface area contributed by atoms with E-state index in [2.05, 4.69) is 5.16 Å². The van der Waals surface area contributed by atoms with Crippen molar-refractivity contribution in [3.63, 3.8) is 0 Å². The summed E-state index contributed by atoms with van der Waals surface area (Å²) in [5.41, 5.74) is 5.47. The van der Waals surface area contributed by atoms with Crippen molar-refractivity contribution in [1.29, 1.82) is 0 Å². The summed E-state index contributed by atoms with van der Waals surface area (Å²) in [5, 5.41) is 11.5. The van der Waals surface area contributed by atoms with E-state index < -0.39 is 6.10 Å². The predicted octanol–water partition coefficient (Wildman–Crippen LogP) is -0.861. The Morgan fingerprint density at radius 2 is 2.12 bits per heavy atom. The summed E-state index contributed by atoms with van der Waals surface area (Å²) < 4.78 is 10.7. The topological polar surface area (TPSA) is 97.4 Å². The van der Waals surface area contributed by atoms with Gasteiger partial charge in [0, 0.05) is 13.2 Å². The molecule has 0 aromatic heterocycles. The van der Waals surface area contributed by atoms with E-state index in [1.165, 1.54) is 0 Å². The van der Waals surface area contributed by atoms with Crippen LogP contribution in [0.3, 0.4) is 0 Å². The van der Waals surface area contributed by atoms with Crippen LogP contribution < -0.4 is 5.73 Å². The van der Waals surface area contributed by atoms with Crippen LogP contribution in [0.15, 0.2) is 5.16 Å². The second-order valence-electron chi connectivity index (χ2n) is 4.17.